The van der Waals surface area contributed by atoms with Crippen LogP contribution in [0.1, 0.15) is 25.7 Å². The van der Waals surface area contributed by atoms with Gasteiger partial charge < -0.3 is 5.32 Å². The van der Waals surface area contributed by atoms with Crippen molar-refractivity contribution in [2.75, 3.05) is 13.3 Å². The molecule has 2 N–H and O–H groups in total. The first kappa shape index (κ1) is 15.7. The van der Waals surface area contributed by atoms with Gasteiger partial charge in [0, 0.05) is 6.04 Å². The molecule has 4 rings (SSSR count). The molecule has 0 radical (unpaired) electrons. The van der Waals surface area contributed by atoms with Crippen LogP contribution >= 0.6 is 11.7 Å². The van der Waals surface area contributed by atoms with Crippen LogP contribution in [0, 0.1) is 0 Å². The summed E-state index contributed by atoms with van der Waals surface area (Å²) in [6.07, 6.45) is 4.90. The molecule has 0 saturated heterocycles. The topological polar surface area (TPSA) is 99.6 Å². The van der Waals surface area contributed by atoms with Crippen molar-refractivity contribution < 1.29 is 8.42 Å². The monoisotopic (exact) mass is 366 g/mol. The van der Waals surface area contributed by atoms with Crippen LogP contribution in [0.25, 0.3) is 11.0 Å². The molecule has 1 saturated carbocycles. The molecule has 0 bridgehead atoms. The third kappa shape index (κ3) is 2.96. The second-order valence-electron chi connectivity index (χ2n) is 6.00. The van der Waals surface area contributed by atoms with E-state index in [-0.39, 0.29) is 10.9 Å². The quantitative estimate of drug-likeness (QED) is 0.843. The van der Waals surface area contributed by atoms with E-state index in [2.05, 4.69) is 28.7 Å². The molecule has 1 aromatic heterocycles. The third-order valence-corrected chi connectivity index (χ3v) is 6.38. The average Bonchev–Trinajstić information content (AvgIpc) is 3.26. The Morgan fingerprint density at radius 1 is 1.25 bits per heavy atom. The molecule has 0 unspecified atom stereocenters. The zero-order valence-corrected chi connectivity index (χ0v) is 14.6. The molecule has 2 heterocycles. The van der Waals surface area contributed by atoms with Gasteiger partial charge in [-0.05, 0) is 25.0 Å². The Kier molecular flexibility index (Phi) is 4.10. The Bertz CT molecular complexity index is 872. The van der Waals surface area contributed by atoms with Crippen LogP contribution in [-0.2, 0) is 10.0 Å². The van der Waals surface area contributed by atoms with E-state index < -0.39 is 10.0 Å². The summed E-state index contributed by atoms with van der Waals surface area (Å²) in [5.74, 6) is 0.282. The summed E-state index contributed by atoms with van der Waals surface area (Å²) in [6.45, 7) is 1.12. The average molecular weight is 366 g/mol. The summed E-state index contributed by atoms with van der Waals surface area (Å²) in [4.78, 5) is 6.71. The summed E-state index contributed by atoms with van der Waals surface area (Å²) >= 11 is 0.999. The van der Waals surface area contributed by atoms with Gasteiger partial charge in [0.1, 0.15) is 15.9 Å². The molecule has 24 heavy (non-hydrogen) atoms. The van der Waals surface area contributed by atoms with E-state index in [0.29, 0.717) is 30.4 Å². The maximum absolute atomic E-state index is 12.6. The maximum atomic E-state index is 12.6. The van der Waals surface area contributed by atoms with Gasteiger partial charge in [0.05, 0.1) is 25.1 Å². The zero-order valence-electron chi connectivity index (χ0n) is 13.0. The number of hydrogen-bond acceptors (Lipinski definition) is 8. The fraction of sp³-hybridized carbons (Fsp3) is 0.500. The zero-order chi connectivity index (χ0) is 16.6. The second-order valence-corrected chi connectivity index (χ2v) is 8.18. The van der Waals surface area contributed by atoms with Gasteiger partial charge >= 0.3 is 0 Å². The maximum Gasteiger partial charge on any atom is 0.266 e. The van der Waals surface area contributed by atoms with Crippen molar-refractivity contribution in [1.82, 2.24) is 23.7 Å². The number of rotatable bonds is 3. The number of nitrogens with zero attached hydrogens (tertiary/aromatic N) is 4. The summed E-state index contributed by atoms with van der Waals surface area (Å²) in [6, 6.07) is 5.48. The lowest BCUT2D eigenvalue weighted by Crippen LogP contribution is -2.52. The van der Waals surface area contributed by atoms with Crippen LogP contribution in [0.15, 0.2) is 28.1 Å². The van der Waals surface area contributed by atoms with E-state index in [1.54, 1.807) is 12.1 Å². The first-order chi connectivity index (χ1) is 11.6. The summed E-state index contributed by atoms with van der Waals surface area (Å²) in [5.41, 5.74) is 0.966. The molecular weight excluding hydrogens is 348 g/mol. The fourth-order valence-electron chi connectivity index (χ4n) is 3.21. The Balaban J connectivity index is 1.51. The molecular formula is C14H18N6O2S2. The number of benzene rings is 1. The molecule has 0 amide bonds. The molecule has 10 heteroatoms. The molecule has 2 aliphatic rings. The van der Waals surface area contributed by atoms with E-state index in [1.807, 2.05) is 0 Å². The van der Waals surface area contributed by atoms with Gasteiger partial charge in [-0.2, -0.15) is 8.75 Å². The van der Waals surface area contributed by atoms with Crippen molar-refractivity contribution in [3.8, 4) is 0 Å². The number of hydrogen-bond donors (Lipinski definition) is 2. The number of aliphatic imine (C=N–C) groups is 1. The summed E-state index contributed by atoms with van der Waals surface area (Å²) in [5, 5.41) is 3.07. The van der Waals surface area contributed by atoms with E-state index in [0.717, 1.165) is 11.7 Å². The lowest BCUT2D eigenvalue weighted by molar-refractivity contribution is 0.190. The largest absolute Gasteiger partial charge is 0.343 e. The Hall–Kier alpha value is -1.78. The van der Waals surface area contributed by atoms with Crippen LogP contribution in [0.4, 0.5) is 0 Å². The molecule has 2 aromatic rings. The van der Waals surface area contributed by atoms with E-state index in [1.165, 1.54) is 31.7 Å². The number of sulfonamides is 1. The third-order valence-electron chi connectivity index (χ3n) is 4.47. The van der Waals surface area contributed by atoms with Crippen LogP contribution in [0.5, 0.6) is 0 Å². The van der Waals surface area contributed by atoms with Gasteiger partial charge in [-0.3, -0.25) is 4.90 Å². The van der Waals surface area contributed by atoms with Crippen molar-refractivity contribution in [3.63, 3.8) is 0 Å². The molecule has 1 fully saturated rings. The van der Waals surface area contributed by atoms with Crippen molar-refractivity contribution in [1.29, 1.82) is 0 Å². The first-order valence-electron chi connectivity index (χ1n) is 7.90. The molecule has 0 atom stereocenters. The smallest absolute Gasteiger partial charge is 0.266 e. The van der Waals surface area contributed by atoms with Gasteiger partial charge in [0.25, 0.3) is 10.0 Å². The predicted molar refractivity (Wildman–Crippen MR) is 92.1 cm³/mol. The van der Waals surface area contributed by atoms with Gasteiger partial charge in [0.15, 0.2) is 0 Å². The van der Waals surface area contributed by atoms with Crippen molar-refractivity contribution in [2.45, 2.75) is 36.6 Å². The van der Waals surface area contributed by atoms with Crippen LogP contribution in [0.3, 0.4) is 0 Å². The molecule has 1 aromatic carbocycles. The predicted octanol–water partition coefficient (Wildman–Crippen LogP) is 1.09. The minimum Gasteiger partial charge on any atom is -0.343 e. The second kappa shape index (κ2) is 6.26. The molecule has 1 aliphatic carbocycles. The van der Waals surface area contributed by atoms with Gasteiger partial charge in [0.2, 0.25) is 5.96 Å². The molecule has 1 aliphatic heterocycles. The SMILES string of the molecule is O=S(=O)(NC1=NCN(C2CCCC2)CN1)c1cccc2nsnc12. The minimum absolute atomic E-state index is 0.122. The first-order valence-corrected chi connectivity index (χ1v) is 10.1. The standard InChI is InChI=1S/C14H18N6O2S2/c21-24(22,12-7-3-6-11-13(12)18-23-17-11)19-14-15-8-20(9-16-14)10-4-1-2-5-10/h3,6-7,10H,1-2,4-5,8-9H2,(H2,15,16,19). The normalized spacial score (nSPS) is 20.1. The van der Waals surface area contributed by atoms with E-state index in [4.69, 9.17) is 0 Å². The van der Waals surface area contributed by atoms with Gasteiger partial charge in [-0.25, -0.2) is 18.1 Å². The van der Waals surface area contributed by atoms with Gasteiger partial charge in [-0.1, -0.05) is 18.9 Å². The number of nitrogens with one attached hydrogen (secondary N) is 2. The van der Waals surface area contributed by atoms with Gasteiger partial charge in [-0.15, -0.1) is 0 Å². The van der Waals surface area contributed by atoms with Crippen LogP contribution < -0.4 is 10.0 Å². The number of aromatic nitrogens is 2. The fourth-order valence-corrected chi connectivity index (χ4v) is 4.98. The van der Waals surface area contributed by atoms with E-state index >= 15 is 0 Å². The number of fused-ring (bicyclic) bond motifs is 1. The van der Waals surface area contributed by atoms with E-state index in [9.17, 15) is 8.42 Å². The molecule has 0 spiro atoms. The highest BCUT2D eigenvalue weighted by Gasteiger charge is 2.26. The van der Waals surface area contributed by atoms with Crippen molar-refractivity contribution in [3.05, 3.63) is 18.2 Å². The lowest BCUT2D eigenvalue weighted by atomic mass is 10.2. The Morgan fingerprint density at radius 3 is 2.83 bits per heavy atom. The van der Waals surface area contributed by atoms with Crippen molar-refractivity contribution >= 4 is 38.7 Å². The Morgan fingerprint density at radius 2 is 2.08 bits per heavy atom. The van der Waals surface area contributed by atoms with Crippen molar-refractivity contribution in [2.24, 2.45) is 4.99 Å². The number of guanidine groups is 1. The molecule has 128 valence electrons. The van der Waals surface area contributed by atoms with Crippen LogP contribution in [-0.4, -0.2) is 47.4 Å². The molecule has 8 nitrogen and oxygen atoms in total. The minimum atomic E-state index is -3.75. The lowest BCUT2D eigenvalue weighted by Gasteiger charge is -2.31. The van der Waals surface area contributed by atoms with Crippen LogP contribution in [0.2, 0.25) is 0 Å². The highest BCUT2D eigenvalue weighted by molar-refractivity contribution is 7.90. The summed E-state index contributed by atoms with van der Waals surface area (Å²) < 4.78 is 36.0. The highest BCUT2D eigenvalue weighted by Crippen LogP contribution is 2.24. The Labute approximate surface area is 144 Å². The highest BCUT2D eigenvalue weighted by atomic mass is 32.2. The summed E-state index contributed by atoms with van der Waals surface area (Å²) in [7, 11) is -3.75.